The van der Waals surface area contributed by atoms with E-state index in [0.717, 1.165) is 25.3 Å². The first kappa shape index (κ1) is 19.3. The van der Waals surface area contributed by atoms with E-state index in [-0.39, 0.29) is 24.0 Å². The summed E-state index contributed by atoms with van der Waals surface area (Å²) in [6, 6.07) is 13.8. The Morgan fingerprint density at radius 2 is 2.24 bits per heavy atom. The van der Waals surface area contributed by atoms with Gasteiger partial charge in [0.2, 0.25) is 0 Å². The Morgan fingerprint density at radius 1 is 1.36 bits per heavy atom. The molecule has 7 heteroatoms. The zero-order valence-electron chi connectivity index (χ0n) is 14.3. The zero-order valence-corrected chi connectivity index (χ0v) is 16.6. The summed E-state index contributed by atoms with van der Waals surface area (Å²) >= 11 is 0. The minimum absolute atomic E-state index is 0. The molecule has 0 spiro atoms. The van der Waals surface area contributed by atoms with Gasteiger partial charge in [-0.2, -0.15) is 0 Å². The second kappa shape index (κ2) is 9.45. The molecular weight excluding hydrogens is 429 g/mol. The molecule has 0 radical (unpaired) electrons. The predicted molar refractivity (Wildman–Crippen MR) is 113 cm³/mol. The smallest absolute Gasteiger partial charge is 0.194 e. The fourth-order valence-corrected chi connectivity index (χ4v) is 2.86. The van der Waals surface area contributed by atoms with Crippen molar-refractivity contribution in [1.29, 1.82) is 0 Å². The van der Waals surface area contributed by atoms with Crippen LogP contribution in [0.25, 0.3) is 0 Å². The molecule has 0 aliphatic carbocycles. The van der Waals surface area contributed by atoms with Gasteiger partial charge in [-0.15, -0.1) is 24.0 Å². The Morgan fingerprint density at radius 3 is 3.00 bits per heavy atom. The molecule has 1 aliphatic heterocycles. The number of hydrogen-bond acceptors (Lipinski definition) is 4. The number of hydrogen-bond donors (Lipinski definition) is 2. The van der Waals surface area contributed by atoms with Crippen molar-refractivity contribution < 1.29 is 4.74 Å². The molecule has 2 aromatic rings. The number of anilines is 2. The molecule has 0 bridgehead atoms. The molecule has 1 aromatic heterocycles. The molecular formula is C18H24IN5O. The molecule has 1 unspecified atom stereocenters. The van der Waals surface area contributed by atoms with Gasteiger partial charge in [0.25, 0.3) is 0 Å². The Labute approximate surface area is 165 Å². The Hall–Kier alpha value is -2.03. The monoisotopic (exact) mass is 453 g/mol. The number of nitrogens with two attached hydrogens (primary N) is 1. The van der Waals surface area contributed by atoms with E-state index in [2.05, 4.69) is 32.3 Å². The number of nitrogens with zero attached hydrogens (tertiary/aromatic N) is 3. The molecule has 2 heterocycles. The van der Waals surface area contributed by atoms with Crippen molar-refractivity contribution in [2.24, 2.45) is 16.6 Å². The van der Waals surface area contributed by atoms with Gasteiger partial charge in [-0.3, -0.25) is 4.99 Å². The standard InChI is InChI=1S/C18H23N5O.HI/c1-24-16-6-4-5-15(11-16)23-10-8-14(13-23)12-21-18(19)22-17-7-2-3-9-20-17;/h2-7,9,11,14H,8,10,12-13H2,1H3,(H3,19,20,21,22);1H. The minimum atomic E-state index is 0. The first-order valence-electron chi connectivity index (χ1n) is 8.11. The van der Waals surface area contributed by atoms with E-state index in [1.165, 1.54) is 5.69 Å². The van der Waals surface area contributed by atoms with E-state index in [9.17, 15) is 0 Å². The molecule has 1 aliphatic rings. The van der Waals surface area contributed by atoms with Crippen LogP contribution in [0.5, 0.6) is 5.75 Å². The van der Waals surface area contributed by atoms with Crippen molar-refractivity contribution in [3.63, 3.8) is 0 Å². The normalized spacial score (nSPS) is 17.1. The van der Waals surface area contributed by atoms with Crippen molar-refractivity contribution in [3.05, 3.63) is 48.7 Å². The van der Waals surface area contributed by atoms with Crippen LogP contribution < -0.4 is 20.7 Å². The second-order valence-corrected chi connectivity index (χ2v) is 5.87. The fourth-order valence-electron chi connectivity index (χ4n) is 2.86. The fraction of sp³-hybridized carbons (Fsp3) is 0.333. The number of aromatic nitrogens is 1. The van der Waals surface area contributed by atoms with E-state index in [1.54, 1.807) is 13.3 Å². The highest BCUT2D eigenvalue weighted by atomic mass is 127. The van der Waals surface area contributed by atoms with Crippen LogP contribution in [0.3, 0.4) is 0 Å². The molecule has 1 fully saturated rings. The van der Waals surface area contributed by atoms with Crippen LogP contribution in [0.4, 0.5) is 11.5 Å². The first-order chi connectivity index (χ1) is 11.7. The quantitative estimate of drug-likeness (QED) is 0.414. The van der Waals surface area contributed by atoms with Crippen LogP contribution >= 0.6 is 24.0 Å². The topological polar surface area (TPSA) is 75.8 Å². The molecule has 0 saturated carbocycles. The van der Waals surface area contributed by atoms with E-state index < -0.39 is 0 Å². The molecule has 3 rings (SSSR count). The van der Waals surface area contributed by atoms with Gasteiger partial charge in [0, 0.05) is 37.6 Å². The predicted octanol–water partition coefficient (Wildman–Crippen LogP) is 2.96. The number of rotatable bonds is 5. The van der Waals surface area contributed by atoms with Gasteiger partial charge in [-0.1, -0.05) is 12.1 Å². The highest BCUT2D eigenvalue weighted by Gasteiger charge is 2.22. The summed E-state index contributed by atoms with van der Waals surface area (Å²) in [5.74, 6) is 2.51. The van der Waals surface area contributed by atoms with Gasteiger partial charge in [-0.05, 0) is 36.6 Å². The molecule has 1 saturated heterocycles. The van der Waals surface area contributed by atoms with Gasteiger partial charge < -0.3 is 20.7 Å². The van der Waals surface area contributed by atoms with Gasteiger partial charge in [0.05, 0.1) is 7.11 Å². The average molecular weight is 453 g/mol. The summed E-state index contributed by atoms with van der Waals surface area (Å²) < 4.78 is 5.30. The summed E-state index contributed by atoms with van der Waals surface area (Å²) in [5, 5.41) is 3.01. The maximum Gasteiger partial charge on any atom is 0.194 e. The van der Waals surface area contributed by atoms with Crippen molar-refractivity contribution in [3.8, 4) is 5.75 Å². The maximum atomic E-state index is 5.94. The Balaban J connectivity index is 0.00000225. The lowest BCUT2D eigenvalue weighted by molar-refractivity contribution is 0.415. The van der Waals surface area contributed by atoms with E-state index >= 15 is 0 Å². The van der Waals surface area contributed by atoms with Crippen LogP contribution in [0.2, 0.25) is 0 Å². The number of guanidine groups is 1. The molecule has 1 atom stereocenters. The van der Waals surface area contributed by atoms with Crippen LogP contribution in [0.15, 0.2) is 53.7 Å². The summed E-state index contributed by atoms with van der Waals surface area (Å²) in [6.45, 7) is 2.72. The van der Waals surface area contributed by atoms with E-state index in [4.69, 9.17) is 10.5 Å². The van der Waals surface area contributed by atoms with Gasteiger partial charge in [0.1, 0.15) is 11.6 Å². The third kappa shape index (κ3) is 5.48. The van der Waals surface area contributed by atoms with Crippen molar-refractivity contribution >= 4 is 41.4 Å². The molecule has 134 valence electrons. The lowest BCUT2D eigenvalue weighted by Crippen LogP contribution is -2.25. The highest BCUT2D eigenvalue weighted by Crippen LogP contribution is 2.26. The van der Waals surface area contributed by atoms with Crippen molar-refractivity contribution in [2.45, 2.75) is 6.42 Å². The summed E-state index contributed by atoms with van der Waals surface area (Å²) in [5.41, 5.74) is 7.13. The minimum Gasteiger partial charge on any atom is -0.497 e. The highest BCUT2D eigenvalue weighted by molar-refractivity contribution is 14.0. The van der Waals surface area contributed by atoms with E-state index in [1.807, 2.05) is 30.3 Å². The number of benzene rings is 1. The Bertz CT molecular complexity index is 695. The van der Waals surface area contributed by atoms with Crippen LogP contribution in [-0.4, -0.2) is 37.7 Å². The van der Waals surface area contributed by atoms with Crippen LogP contribution in [0, 0.1) is 5.92 Å². The largest absolute Gasteiger partial charge is 0.497 e. The van der Waals surface area contributed by atoms with Crippen molar-refractivity contribution in [1.82, 2.24) is 4.98 Å². The van der Waals surface area contributed by atoms with Crippen LogP contribution in [0.1, 0.15) is 6.42 Å². The SMILES string of the molecule is COc1cccc(N2CCC(CN=C(N)Nc3ccccn3)C2)c1.I. The second-order valence-electron chi connectivity index (χ2n) is 5.87. The summed E-state index contributed by atoms with van der Waals surface area (Å²) in [7, 11) is 1.69. The summed E-state index contributed by atoms with van der Waals surface area (Å²) in [4.78, 5) is 11.0. The maximum absolute atomic E-state index is 5.94. The molecule has 1 aromatic carbocycles. The lowest BCUT2D eigenvalue weighted by Gasteiger charge is -2.19. The molecule has 6 nitrogen and oxygen atoms in total. The molecule has 0 amide bonds. The third-order valence-electron chi connectivity index (χ3n) is 4.15. The number of nitrogens with one attached hydrogen (secondary N) is 1. The molecule has 3 N–H and O–H groups in total. The van der Waals surface area contributed by atoms with Crippen LogP contribution in [-0.2, 0) is 0 Å². The van der Waals surface area contributed by atoms with Gasteiger partial charge >= 0.3 is 0 Å². The average Bonchev–Trinajstić information content (AvgIpc) is 3.10. The Kier molecular flexibility index (Phi) is 7.30. The number of halogens is 1. The van der Waals surface area contributed by atoms with Crippen molar-refractivity contribution in [2.75, 3.05) is 37.0 Å². The lowest BCUT2D eigenvalue weighted by atomic mass is 10.1. The zero-order chi connectivity index (χ0) is 16.8. The number of aliphatic imine (C=N–C) groups is 1. The van der Waals surface area contributed by atoms with E-state index in [0.29, 0.717) is 24.2 Å². The third-order valence-corrected chi connectivity index (χ3v) is 4.15. The number of pyridine rings is 1. The first-order valence-corrected chi connectivity index (χ1v) is 8.11. The number of methoxy groups -OCH3 is 1. The van der Waals surface area contributed by atoms with Gasteiger partial charge in [0.15, 0.2) is 5.96 Å². The summed E-state index contributed by atoms with van der Waals surface area (Å²) in [6.07, 6.45) is 2.83. The number of ether oxygens (including phenoxy) is 1. The van der Waals surface area contributed by atoms with Gasteiger partial charge in [-0.25, -0.2) is 4.98 Å². The molecule has 25 heavy (non-hydrogen) atoms.